The van der Waals surface area contributed by atoms with Crippen molar-refractivity contribution in [2.45, 2.75) is 32.1 Å². The van der Waals surface area contributed by atoms with Crippen LogP contribution in [0.1, 0.15) is 31.2 Å². The SMILES string of the molecule is Cn1cnc2cc(CC(=O)N3CCN(C(=O)C4CCCC4)CC3)ccc21. The molecule has 2 aliphatic rings. The van der Waals surface area contributed by atoms with E-state index in [0.717, 1.165) is 29.4 Å². The normalized spacial score (nSPS) is 18.7. The molecule has 2 heterocycles. The lowest BCUT2D eigenvalue weighted by Gasteiger charge is -2.36. The number of aryl methyl sites for hydroxylation is 1. The van der Waals surface area contributed by atoms with Crippen LogP contribution in [0.4, 0.5) is 0 Å². The van der Waals surface area contributed by atoms with Gasteiger partial charge >= 0.3 is 0 Å². The molecule has 0 spiro atoms. The standard InChI is InChI=1S/C20H26N4O2/c1-22-14-21-17-12-15(6-7-18(17)22)13-19(25)23-8-10-24(11-9-23)20(26)16-4-2-3-5-16/h6-7,12,14,16H,2-5,8-11,13H2,1H3. The fraction of sp³-hybridized carbons (Fsp3) is 0.550. The molecular weight excluding hydrogens is 328 g/mol. The largest absolute Gasteiger partial charge is 0.339 e. The van der Waals surface area contributed by atoms with Gasteiger partial charge in [0.2, 0.25) is 11.8 Å². The summed E-state index contributed by atoms with van der Waals surface area (Å²) in [6.07, 6.45) is 6.60. The molecule has 6 heteroatoms. The monoisotopic (exact) mass is 354 g/mol. The number of hydrogen-bond acceptors (Lipinski definition) is 3. The van der Waals surface area contributed by atoms with Crippen molar-refractivity contribution in [1.29, 1.82) is 0 Å². The molecule has 2 aromatic rings. The molecule has 2 fully saturated rings. The summed E-state index contributed by atoms with van der Waals surface area (Å²) < 4.78 is 1.97. The molecule has 4 rings (SSSR count). The Labute approximate surface area is 153 Å². The van der Waals surface area contributed by atoms with E-state index in [0.29, 0.717) is 38.5 Å². The summed E-state index contributed by atoms with van der Waals surface area (Å²) in [5.41, 5.74) is 2.98. The van der Waals surface area contributed by atoms with Crippen molar-refractivity contribution in [1.82, 2.24) is 19.4 Å². The number of hydrogen-bond donors (Lipinski definition) is 0. The maximum absolute atomic E-state index is 12.6. The second kappa shape index (κ2) is 7.09. The number of fused-ring (bicyclic) bond motifs is 1. The summed E-state index contributed by atoms with van der Waals surface area (Å²) in [6, 6.07) is 6.01. The van der Waals surface area contributed by atoms with Gasteiger partial charge < -0.3 is 14.4 Å². The Bertz CT molecular complexity index is 814. The van der Waals surface area contributed by atoms with Gasteiger partial charge in [-0.2, -0.15) is 0 Å². The van der Waals surface area contributed by atoms with E-state index in [1.165, 1.54) is 12.8 Å². The molecule has 138 valence electrons. The maximum Gasteiger partial charge on any atom is 0.227 e. The van der Waals surface area contributed by atoms with Crippen molar-refractivity contribution in [3.8, 4) is 0 Å². The fourth-order valence-corrected chi connectivity index (χ4v) is 4.19. The first-order valence-electron chi connectivity index (χ1n) is 9.58. The van der Waals surface area contributed by atoms with Crippen LogP contribution in [-0.4, -0.2) is 57.3 Å². The summed E-state index contributed by atoms with van der Waals surface area (Å²) in [6.45, 7) is 2.62. The highest BCUT2D eigenvalue weighted by Crippen LogP contribution is 2.27. The van der Waals surface area contributed by atoms with Gasteiger partial charge in [-0.3, -0.25) is 9.59 Å². The van der Waals surface area contributed by atoms with E-state index in [2.05, 4.69) is 4.98 Å². The van der Waals surface area contributed by atoms with Gasteiger partial charge in [0.1, 0.15) is 0 Å². The fourth-order valence-electron chi connectivity index (χ4n) is 4.19. The first-order valence-corrected chi connectivity index (χ1v) is 9.58. The van der Waals surface area contributed by atoms with Crippen LogP contribution >= 0.6 is 0 Å². The minimum atomic E-state index is 0.133. The van der Waals surface area contributed by atoms with Crippen LogP contribution in [0.5, 0.6) is 0 Å². The third kappa shape index (κ3) is 3.32. The molecule has 0 atom stereocenters. The zero-order chi connectivity index (χ0) is 18.1. The van der Waals surface area contributed by atoms with Crippen LogP contribution in [0.15, 0.2) is 24.5 Å². The highest BCUT2D eigenvalue weighted by atomic mass is 16.2. The van der Waals surface area contributed by atoms with Crippen molar-refractivity contribution in [3.05, 3.63) is 30.1 Å². The molecule has 1 aliphatic carbocycles. The van der Waals surface area contributed by atoms with Gasteiger partial charge in [-0.25, -0.2) is 4.98 Å². The Morgan fingerprint density at radius 2 is 1.77 bits per heavy atom. The summed E-state index contributed by atoms with van der Waals surface area (Å²) in [4.78, 5) is 33.4. The summed E-state index contributed by atoms with van der Waals surface area (Å²) in [7, 11) is 1.96. The van der Waals surface area contributed by atoms with E-state index >= 15 is 0 Å². The lowest BCUT2D eigenvalue weighted by Crippen LogP contribution is -2.52. The van der Waals surface area contributed by atoms with E-state index in [1.807, 2.05) is 39.6 Å². The van der Waals surface area contributed by atoms with Crippen molar-refractivity contribution in [2.24, 2.45) is 13.0 Å². The Kier molecular flexibility index (Phi) is 4.66. The first-order chi connectivity index (χ1) is 12.6. The molecule has 0 unspecified atom stereocenters. The molecule has 6 nitrogen and oxygen atoms in total. The molecule has 1 aliphatic heterocycles. The molecular formula is C20H26N4O2. The van der Waals surface area contributed by atoms with Gasteiger partial charge in [0.05, 0.1) is 23.8 Å². The van der Waals surface area contributed by atoms with Crippen LogP contribution < -0.4 is 0 Å². The average Bonchev–Trinajstić information content (AvgIpc) is 3.32. The number of imidazole rings is 1. The van der Waals surface area contributed by atoms with Crippen LogP contribution in [0, 0.1) is 5.92 Å². The number of carbonyl (C=O) groups is 2. The smallest absolute Gasteiger partial charge is 0.227 e. The van der Waals surface area contributed by atoms with E-state index in [4.69, 9.17) is 0 Å². The quantitative estimate of drug-likeness (QED) is 0.847. The predicted molar refractivity (Wildman–Crippen MR) is 99.5 cm³/mol. The molecule has 26 heavy (non-hydrogen) atoms. The maximum atomic E-state index is 12.6. The van der Waals surface area contributed by atoms with E-state index in [1.54, 1.807) is 6.33 Å². The zero-order valence-corrected chi connectivity index (χ0v) is 15.4. The van der Waals surface area contributed by atoms with Gasteiger partial charge in [-0.1, -0.05) is 18.9 Å². The lowest BCUT2D eigenvalue weighted by atomic mass is 10.1. The van der Waals surface area contributed by atoms with Gasteiger partial charge in [0.25, 0.3) is 0 Å². The Morgan fingerprint density at radius 3 is 2.50 bits per heavy atom. The molecule has 1 saturated heterocycles. The Morgan fingerprint density at radius 1 is 1.08 bits per heavy atom. The van der Waals surface area contributed by atoms with Gasteiger partial charge in [-0.05, 0) is 30.5 Å². The second-order valence-electron chi connectivity index (χ2n) is 7.54. The Balaban J connectivity index is 1.33. The Hall–Kier alpha value is -2.37. The molecule has 0 bridgehead atoms. The summed E-state index contributed by atoms with van der Waals surface area (Å²) >= 11 is 0. The topological polar surface area (TPSA) is 58.4 Å². The molecule has 2 amide bonds. The molecule has 1 aromatic carbocycles. The number of rotatable bonds is 3. The van der Waals surface area contributed by atoms with Crippen molar-refractivity contribution in [3.63, 3.8) is 0 Å². The molecule has 1 aromatic heterocycles. The highest BCUT2D eigenvalue weighted by molar-refractivity contribution is 5.83. The minimum absolute atomic E-state index is 0.133. The first kappa shape index (κ1) is 17.1. The van der Waals surface area contributed by atoms with Crippen LogP contribution in [0.2, 0.25) is 0 Å². The van der Waals surface area contributed by atoms with Crippen LogP contribution in [-0.2, 0) is 23.1 Å². The molecule has 1 saturated carbocycles. The van der Waals surface area contributed by atoms with Gasteiger partial charge in [-0.15, -0.1) is 0 Å². The third-order valence-electron chi connectivity index (χ3n) is 5.79. The third-order valence-corrected chi connectivity index (χ3v) is 5.79. The summed E-state index contributed by atoms with van der Waals surface area (Å²) in [5.74, 6) is 0.658. The number of nitrogens with zero attached hydrogens (tertiary/aromatic N) is 4. The average molecular weight is 354 g/mol. The van der Waals surface area contributed by atoms with Crippen molar-refractivity contribution < 1.29 is 9.59 Å². The van der Waals surface area contributed by atoms with Gasteiger partial charge in [0, 0.05) is 39.1 Å². The minimum Gasteiger partial charge on any atom is -0.339 e. The second-order valence-corrected chi connectivity index (χ2v) is 7.54. The van der Waals surface area contributed by atoms with Crippen LogP contribution in [0.25, 0.3) is 11.0 Å². The molecule has 0 radical (unpaired) electrons. The van der Waals surface area contributed by atoms with E-state index < -0.39 is 0 Å². The zero-order valence-electron chi connectivity index (χ0n) is 15.4. The number of aromatic nitrogens is 2. The summed E-state index contributed by atoms with van der Waals surface area (Å²) in [5, 5.41) is 0. The van der Waals surface area contributed by atoms with E-state index in [-0.39, 0.29) is 11.8 Å². The van der Waals surface area contributed by atoms with Crippen LogP contribution in [0.3, 0.4) is 0 Å². The van der Waals surface area contributed by atoms with Gasteiger partial charge in [0.15, 0.2) is 0 Å². The van der Waals surface area contributed by atoms with E-state index in [9.17, 15) is 9.59 Å². The predicted octanol–water partition coefficient (Wildman–Crippen LogP) is 1.98. The molecule has 0 N–H and O–H groups in total. The lowest BCUT2D eigenvalue weighted by molar-refractivity contribution is -0.141. The number of carbonyl (C=O) groups excluding carboxylic acids is 2. The highest BCUT2D eigenvalue weighted by Gasteiger charge is 2.30. The number of piperazine rings is 1. The number of benzene rings is 1. The van der Waals surface area contributed by atoms with Crippen molar-refractivity contribution in [2.75, 3.05) is 26.2 Å². The number of amides is 2. The van der Waals surface area contributed by atoms with Crippen molar-refractivity contribution >= 4 is 22.8 Å².